The van der Waals surface area contributed by atoms with Gasteiger partial charge in [0.2, 0.25) is 0 Å². The number of aromatic carboxylic acids is 1. The number of carbonyl (C=O) groups is 1. The first-order valence-electron chi connectivity index (χ1n) is 3.67. The summed E-state index contributed by atoms with van der Waals surface area (Å²) in [4.78, 5) is 14.7. The van der Waals surface area contributed by atoms with Crippen LogP contribution >= 0.6 is 22.9 Å². The van der Waals surface area contributed by atoms with E-state index >= 15 is 0 Å². The van der Waals surface area contributed by atoms with Crippen molar-refractivity contribution in [2.45, 2.75) is 0 Å². The van der Waals surface area contributed by atoms with Crippen molar-refractivity contribution in [3.05, 3.63) is 22.2 Å². The molecule has 2 aromatic rings. The standard InChI is InChI=1S/C8H5ClN2O2S/c9-8-11-5-1-3(7(12)13)4(10)2-6(5)14-8/h1-2H,10H2,(H,12,13). The van der Waals surface area contributed by atoms with E-state index in [0.717, 1.165) is 4.70 Å². The van der Waals surface area contributed by atoms with Gasteiger partial charge in [0.05, 0.1) is 15.8 Å². The molecular formula is C8H5ClN2O2S. The fraction of sp³-hybridized carbons (Fsp3) is 0. The zero-order valence-electron chi connectivity index (χ0n) is 6.82. The number of carboxylic acids is 1. The van der Waals surface area contributed by atoms with Gasteiger partial charge in [0.1, 0.15) is 0 Å². The lowest BCUT2D eigenvalue weighted by molar-refractivity contribution is 0.0698. The van der Waals surface area contributed by atoms with Crippen molar-refractivity contribution in [2.24, 2.45) is 0 Å². The number of fused-ring (bicyclic) bond motifs is 1. The molecule has 1 aromatic heterocycles. The normalized spacial score (nSPS) is 10.6. The number of nitrogens with zero attached hydrogens (tertiary/aromatic N) is 1. The summed E-state index contributed by atoms with van der Waals surface area (Å²) in [6, 6.07) is 3.00. The van der Waals surface area contributed by atoms with Crippen molar-refractivity contribution in [3.63, 3.8) is 0 Å². The first-order chi connectivity index (χ1) is 6.58. The van der Waals surface area contributed by atoms with E-state index in [1.54, 1.807) is 6.07 Å². The zero-order chi connectivity index (χ0) is 10.3. The minimum Gasteiger partial charge on any atom is -0.478 e. The van der Waals surface area contributed by atoms with Crippen molar-refractivity contribution in [1.29, 1.82) is 0 Å². The van der Waals surface area contributed by atoms with Gasteiger partial charge in [-0.15, -0.1) is 11.3 Å². The Labute approximate surface area is 87.9 Å². The molecule has 1 heterocycles. The molecule has 14 heavy (non-hydrogen) atoms. The van der Waals surface area contributed by atoms with Crippen LogP contribution in [-0.4, -0.2) is 16.1 Å². The van der Waals surface area contributed by atoms with E-state index in [2.05, 4.69) is 4.98 Å². The van der Waals surface area contributed by atoms with Crippen LogP contribution in [0.25, 0.3) is 10.2 Å². The fourth-order valence-corrected chi connectivity index (χ4v) is 2.21. The summed E-state index contributed by atoms with van der Waals surface area (Å²) in [6.07, 6.45) is 0. The summed E-state index contributed by atoms with van der Waals surface area (Å²) in [7, 11) is 0. The molecule has 0 saturated carbocycles. The first kappa shape index (κ1) is 9.23. The second-order valence-electron chi connectivity index (χ2n) is 2.68. The van der Waals surface area contributed by atoms with Gasteiger partial charge in [0.25, 0.3) is 0 Å². The average Bonchev–Trinajstić information content (AvgIpc) is 2.42. The SMILES string of the molecule is Nc1cc2sc(Cl)nc2cc1C(=O)O. The minimum absolute atomic E-state index is 0.0551. The second-order valence-corrected chi connectivity index (χ2v) is 4.29. The molecule has 0 aliphatic rings. The van der Waals surface area contributed by atoms with E-state index in [0.29, 0.717) is 9.98 Å². The maximum Gasteiger partial charge on any atom is 0.337 e. The van der Waals surface area contributed by atoms with E-state index < -0.39 is 5.97 Å². The molecule has 0 radical (unpaired) electrons. The van der Waals surface area contributed by atoms with Crippen LogP contribution in [0.15, 0.2) is 12.1 Å². The zero-order valence-corrected chi connectivity index (χ0v) is 8.39. The van der Waals surface area contributed by atoms with Gasteiger partial charge >= 0.3 is 5.97 Å². The number of hydrogen-bond donors (Lipinski definition) is 2. The molecule has 2 rings (SSSR count). The van der Waals surface area contributed by atoms with Gasteiger partial charge in [-0.2, -0.15) is 0 Å². The molecule has 0 unspecified atom stereocenters. The number of nitrogen functional groups attached to an aromatic ring is 1. The Morgan fingerprint density at radius 1 is 1.57 bits per heavy atom. The van der Waals surface area contributed by atoms with Crippen molar-refractivity contribution in [1.82, 2.24) is 4.98 Å². The lowest BCUT2D eigenvalue weighted by atomic mass is 10.2. The number of anilines is 1. The minimum atomic E-state index is -1.06. The Morgan fingerprint density at radius 3 is 2.93 bits per heavy atom. The van der Waals surface area contributed by atoms with Crippen LogP contribution in [0.4, 0.5) is 5.69 Å². The Morgan fingerprint density at radius 2 is 2.29 bits per heavy atom. The molecule has 0 atom stereocenters. The number of nitrogens with two attached hydrogens (primary N) is 1. The third-order valence-electron chi connectivity index (χ3n) is 1.76. The summed E-state index contributed by atoms with van der Waals surface area (Å²) in [5.41, 5.74) is 6.40. The maximum atomic E-state index is 10.7. The van der Waals surface area contributed by atoms with Crippen LogP contribution in [0.1, 0.15) is 10.4 Å². The Balaban J connectivity index is 2.76. The number of rotatable bonds is 1. The molecule has 0 spiro atoms. The summed E-state index contributed by atoms with van der Waals surface area (Å²) in [5, 5.41) is 8.79. The van der Waals surface area contributed by atoms with Gasteiger partial charge in [0.15, 0.2) is 4.47 Å². The van der Waals surface area contributed by atoms with E-state index in [1.807, 2.05) is 0 Å². The molecule has 0 aliphatic heterocycles. The first-order valence-corrected chi connectivity index (χ1v) is 4.86. The lowest BCUT2D eigenvalue weighted by Gasteiger charge is -1.98. The topological polar surface area (TPSA) is 76.2 Å². The lowest BCUT2D eigenvalue weighted by Crippen LogP contribution is -2.01. The maximum absolute atomic E-state index is 10.7. The summed E-state index contributed by atoms with van der Waals surface area (Å²) in [6.45, 7) is 0. The largest absolute Gasteiger partial charge is 0.478 e. The number of halogens is 1. The predicted octanol–water partition coefficient (Wildman–Crippen LogP) is 2.23. The van der Waals surface area contributed by atoms with Crippen LogP contribution in [-0.2, 0) is 0 Å². The Bertz CT molecular complexity index is 523. The van der Waals surface area contributed by atoms with Crippen molar-refractivity contribution in [2.75, 3.05) is 5.73 Å². The summed E-state index contributed by atoms with van der Waals surface area (Å²) >= 11 is 6.95. The summed E-state index contributed by atoms with van der Waals surface area (Å²) < 4.78 is 1.17. The van der Waals surface area contributed by atoms with Crippen LogP contribution in [0.2, 0.25) is 4.47 Å². The van der Waals surface area contributed by atoms with E-state index in [1.165, 1.54) is 17.4 Å². The molecule has 0 bridgehead atoms. The average molecular weight is 229 g/mol. The number of carboxylic acid groups (broad SMARTS) is 1. The van der Waals surface area contributed by atoms with Crippen LogP contribution in [0.3, 0.4) is 0 Å². The van der Waals surface area contributed by atoms with Gasteiger partial charge in [-0.05, 0) is 12.1 Å². The van der Waals surface area contributed by atoms with Crippen molar-refractivity contribution < 1.29 is 9.90 Å². The highest BCUT2D eigenvalue weighted by Gasteiger charge is 2.11. The van der Waals surface area contributed by atoms with Gasteiger partial charge in [-0.3, -0.25) is 0 Å². The van der Waals surface area contributed by atoms with Gasteiger partial charge < -0.3 is 10.8 Å². The van der Waals surface area contributed by atoms with Gasteiger partial charge in [-0.25, -0.2) is 9.78 Å². The highest BCUT2D eigenvalue weighted by atomic mass is 35.5. The number of aromatic nitrogens is 1. The second kappa shape index (κ2) is 3.11. The highest BCUT2D eigenvalue weighted by molar-refractivity contribution is 7.22. The monoisotopic (exact) mass is 228 g/mol. The van der Waals surface area contributed by atoms with Crippen molar-refractivity contribution >= 4 is 44.8 Å². The van der Waals surface area contributed by atoms with Crippen LogP contribution in [0, 0.1) is 0 Å². The highest BCUT2D eigenvalue weighted by Crippen LogP contribution is 2.29. The molecular weight excluding hydrogens is 224 g/mol. The number of hydrogen-bond acceptors (Lipinski definition) is 4. The molecule has 4 nitrogen and oxygen atoms in total. The third-order valence-corrected chi connectivity index (χ3v) is 2.89. The van der Waals surface area contributed by atoms with E-state index in [4.69, 9.17) is 22.4 Å². The summed E-state index contributed by atoms with van der Waals surface area (Å²) in [5.74, 6) is -1.06. The van der Waals surface area contributed by atoms with Gasteiger partial charge in [-0.1, -0.05) is 11.6 Å². The smallest absolute Gasteiger partial charge is 0.337 e. The quantitative estimate of drug-likeness (QED) is 0.734. The van der Waals surface area contributed by atoms with E-state index in [9.17, 15) is 4.79 Å². The molecule has 6 heteroatoms. The number of benzene rings is 1. The fourth-order valence-electron chi connectivity index (χ4n) is 1.15. The molecule has 0 amide bonds. The molecule has 0 saturated heterocycles. The predicted molar refractivity (Wildman–Crippen MR) is 56.0 cm³/mol. The third kappa shape index (κ3) is 1.40. The van der Waals surface area contributed by atoms with E-state index in [-0.39, 0.29) is 11.3 Å². The molecule has 0 aliphatic carbocycles. The Hall–Kier alpha value is -1.33. The van der Waals surface area contributed by atoms with Crippen molar-refractivity contribution in [3.8, 4) is 0 Å². The van der Waals surface area contributed by atoms with Crippen LogP contribution < -0.4 is 5.73 Å². The molecule has 3 N–H and O–H groups in total. The molecule has 0 fully saturated rings. The Kier molecular flexibility index (Phi) is 2.05. The molecule has 72 valence electrons. The van der Waals surface area contributed by atoms with Crippen LogP contribution in [0.5, 0.6) is 0 Å². The molecule has 1 aromatic carbocycles. The number of thiazole rings is 1. The van der Waals surface area contributed by atoms with Gasteiger partial charge in [0, 0.05) is 5.69 Å².